The van der Waals surface area contributed by atoms with Gasteiger partial charge in [0.25, 0.3) is 0 Å². The van der Waals surface area contributed by atoms with Gasteiger partial charge >= 0.3 is 5.97 Å². The predicted octanol–water partition coefficient (Wildman–Crippen LogP) is 5.59. The zero-order valence-electron chi connectivity index (χ0n) is 20.6. The van der Waals surface area contributed by atoms with E-state index >= 15 is 0 Å². The van der Waals surface area contributed by atoms with Gasteiger partial charge in [-0.25, -0.2) is 14.5 Å². The Morgan fingerprint density at radius 2 is 1.78 bits per heavy atom. The zero-order valence-corrected chi connectivity index (χ0v) is 20.6. The summed E-state index contributed by atoms with van der Waals surface area (Å²) in [6.07, 6.45) is 3.66. The largest absolute Gasteiger partial charge is 0.454 e. The molecule has 5 aromatic rings. The fraction of sp³-hybridized carbons (Fsp3) is 0.207. The lowest BCUT2D eigenvalue weighted by Crippen LogP contribution is -2.15. The number of pyridine rings is 1. The van der Waals surface area contributed by atoms with Crippen molar-refractivity contribution in [2.45, 2.75) is 32.9 Å². The molecule has 8 nitrogen and oxygen atoms in total. The van der Waals surface area contributed by atoms with E-state index in [1.807, 2.05) is 73.0 Å². The number of fused-ring (bicyclic) bond motifs is 2. The summed E-state index contributed by atoms with van der Waals surface area (Å²) in [5, 5.41) is 14.7. The van der Waals surface area contributed by atoms with Crippen LogP contribution < -0.4 is 0 Å². The highest BCUT2D eigenvalue weighted by atomic mass is 16.5. The number of aromatic nitrogens is 4. The number of carbonyl (C=O) groups is 2. The molecule has 37 heavy (non-hydrogen) atoms. The summed E-state index contributed by atoms with van der Waals surface area (Å²) in [4.78, 5) is 31.2. The lowest BCUT2D eigenvalue weighted by Gasteiger charge is -2.10. The Morgan fingerprint density at radius 1 is 1.03 bits per heavy atom. The Hall–Kier alpha value is -4.77. The second kappa shape index (κ2) is 10.1. The van der Waals surface area contributed by atoms with Crippen molar-refractivity contribution >= 4 is 33.7 Å². The van der Waals surface area contributed by atoms with Gasteiger partial charge in [-0.15, -0.1) is 0 Å². The molecule has 0 spiro atoms. The Labute approximate surface area is 213 Å². The highest BCUT2D eigenvalue weighted by Crippen LogP contribution is 2.27. The van der Waals surface area contributed by atoms with Gasteiger partial charge in [0.1, 0.15) is 0 Å². The number of rotatable bonds is 8. The van der Waals surface area contributed by atoms with Gasteiger partial charge in [0.05, 0.1) is 35.3 Å². The van der Waals surface area contributed by atoms with E-state index in [0.29, 0.717) is 40.8 Å². The predicted molar refractivity (Wildman–Crippen MR) is 140 cm³/mol. The van der Waals surface area contributed by atoms with Crippen LogP contribution in [0.15, 0.2) is 73.1 Å². The first-order valence-electron chi connectivity index (χ1n) is 12.1. The molecule has 0 aliphatic rings. The van der Waals surface area contributed by atoms with Crippen molar-refractivity contribution in [2.24, 2.45) is 0 Å². The van der Waals surface area contributed by atoms with Gasteiger partial charge in [0.2, 0.25) is 5.78 Å². The van der Waals surface area contributed by atoms with Crippen molar-refractivity contribution in [1.82, 2.24) is 19.3 Å². The van der Waals surface area contributed by atoms with Crippen molar-refractivity contribution < 1.29 is 14.3 Å². The van der Waals surface area contributed by atoms with Crippen molar-refractivity contribution in [1.29, 1.82) is 5.26 Å². The number of esters is 1. The molecule has 184 valence electrons. The van der Waals surface area contributed by atoms with E-state index in [0.717, 1.165) is 16.5 Å². The number of ether oxygens (including phenoxy) is 1. The number of aryl methyl sites for hydroxylation is 1. The molecular weight excluding hydrogens is 466 g/mol. The smallest absolute Gasteiger partial charge is 0.339 e. The number of hydrogen-bond donors (Lipinski definition) is 0. The molecule has 0 fully saturated rings. The van der Waals surface area contributed by atoms with E-state index in [1.54, 1.807) is 23.1 Å². The van der Waals surface area contributed by atoms with Gasteiger partial charge in [-0.2, -0.15) is 10.4 Å². The van der Waals surface area contributed by atoms with Crippen LogP contribution in [0.5, 0.6) is 0 Å². The van der Waals surface area contributed by atoms with E-state index in [1.165, 1.54) is 0 Å². The second-order valence-electron chi connectivity index (χ2n) is 9.00. The number of para-hydroxylation sites is 1. The molecule has 0 bridgehead atoms. The maximum atomic E-state index is 13.3. The van der Waals surface area contributed by atoms with E-state index < -0.39 is 12.6 Å². The molecule has 8 heteroatoms. The van der Waals surface area contributed by atoms with E-state index in [9.17, 15) is 9.59 Å². The van der Waals surface area contributed by atoms with E-state index in [2.05, 4.69) is 11.2 Å². The summed E-state index contributed by atoms with van der Waals surface area (Å²) in [5.41, 5.74) is 3.68. The standard InChI is InChI=1S/C29H25N5O3/c1-19(2)34-28-23(16-31-34)22(15-25(32-28)20-9-4-3-5-10-20)29(36)37-18-27(35)24-17-33(14-8-13-30)26-12-7-6-11-21(24)26/h3-7,9-12,15-17,19H,8,14,18H2,1-2H3. The van der Waals surface area contributed by atoms with E-state index in [-0.39, 0.29) is 11.8 Å². The lowest BCUT2D eigenvalue weighted by molar-refractivity contribution is 0.0477. The van der Waals surface area contributed by atoms with Crippen LogP contribution in [0.3, 0.4) is 0 Å². The van der Waals surface area contributed by atoms with Crippen LogP contribution in [-0.2, 0) is 11.3 Å². The minimum atomic E-state index is -0.616. The molecule has 0 radical (unpaired) electrons. The quantitative estimate of drug-likeness (QED) is 0.207. The topological polar surface area (TPSA) is 103 Å². The first-order valence-corrected chi connectivity index (χ1v) is 12.1. The molecule has 0 N–H and O–H groups in total. The van der Waals surface area contributed by atoms with Gasteiger partial charge in [0, 0.05) is 40.8 Å². The maximum Gasteiger partial charge on any atom is 0.339 e. The molecule has 0 aliphatic carbocycles. The molecule has 3 aromatic heterocycles. The summed E-state index contributed by atoms with van der Waals surface area (Å²) in [7, 11) is 0. The Bertz CT molecular complexity index is 1660. The number of carbonyl (C=O) groups excluding carboxylic acids is 2. The summed E-state index contributed by atoms with van der Waals surface area (Å²) >= 11 is 0. The highest BCUT2D eigenvalue weighted by molar-refractivity contribution is 6.10. The molecule has 2 aromatic carbocycles. The van der Waals surface area contributed by atoms with Crippen LogP contribution in [0.4, 0.5) is 0 Å². The van der Waals surface area contributed by atoms with Gasteiger partial charge in [0.15, 0.2) is 12.3 Å². The highest BCUT2D eigenvalue weighted by Gasteiger charge is 2.22. The van der Waals surface area contributed by atoms with Gasteiger partial charge < -0.3 is 9.30 Å². The van der Waals surface area contributed by atoms with Crippen molar-refractivity contribution in [3.63, 3.8) is 0 Å². The van der Waals surface area contributed by atoms with Crippen molar-refractivity contribution in [2.75, 3.05) is 6.61 Å². The van der Waals surface area contributed by atoms with Crippen molar-refractivity contribution in [3.05, 3.63) is 84.2 Å². The van der Waals surface area contributed by atoms with Crippen LogP contribution in [0.2, 0.25) is 0 Å². The molecule has 0 aliphatic heterocycles. The van der Waals surface area contributed by atoms with Gasteiger partial charge in [-0.05, 0) is 26.0 Å². The van der Waals surface area contributed by atoms with Gasteiger partial charge in [-0.3, -0.25) is 4.79 Å². The van der Waals surface area contributed by atoms with Crippen LogP contribution >= 0.6 is 0 Å². The van der Waals surface area contributed by atoms with Crippen LogP contribution in [0.25, 0.3) is 33.2 Å². The maximum absolute atomic E-state index is 13.3. The average molecular weight is 492 g/mol. The fourth-order valence-corrected chi connectivity index (χ4v) is 4.43. The third kappa shape index (κ3) is 4.59. The number of Topliss-reactive ketones (excluding diaryl/α,β-unsaturated/α-hetero) is 1. The third-order valence-corrected chi connectivity index (χ3v) is 6.23. The van der Waals surface area contributed by atoms with Gasteiger partial charge in [-0.1, -0.05) is 48.5 Å². The number of nitrogens with zero attached hydrogens (tertiary/aromatic N) is 5. The Morgan fingerprint density at radius 3 is 2.54 bits per heavy atom. The summed E-state index contributed by atoms with van der Waals surface area (Å²) in [6.45, 7) is 4.05. The van der Waals surface area contributed by atoms with E-state index in [4.69, 9.17) is 15.0 Å². The number of hydrogen-bond acceptors (Lipinski definition) is 6. The summed E-state index contributed by atoms with van der Waals surface area (Å²) < 4.78 is 9.18. The molecule has 0 saturated heterocycles. The first kappa shape index (κ1) is 23.9. The number of ketones is 1. The Balaban J connectivity index is 1.45. The van der Waals surface area contributed by atoms with Crippen LogP contribution in [0.1, 0.15) is 47.0 Å². The molecular formula is C29H25N5O3. The Kier molecular flexibility index (Phi) is 6.52. The van der Waals surface area contributed by atoms with Crippen LogP contribution in [-0.4, -0.2) is 37.7 Å². The molecule has 5 rings (SSSR count). The molecule has 0 atom stereocenters. The molecule has 3 heterocycles. The van der Waals surface area contributed by atoms with Crippen LogP contribution in [0, 0.1) is 11.3 Å². The number of nitriles is 1. The number of benzene rings is 2. The SMILES string of the molecule is CC(C)n1ncc2c(C(=O)OCC(=O)c3cn(CCC#N)c4ccccc34)cc(-c3ccccc3)nc21. The average Bonchev–Trinajstić information content (AvgIpc) is 3.52. The summed E-state index contributed by atoms with van der Waals surface area (Å²) in [5.74, 6) is -0.929. The zero-order chi connectivity index (χ0) is 25.9. The fourth-order valence-electron chi connectivity index (χ4n) is 4.43. The molecule has 0 amide bonds. The third-order valence-electron chi connectivity index (χ3n) is 6.23. The lowest BCUT2D eigenvalue weighted by atomic mass is 10.1. The first-order chi connectivity index (χ1) is 18.0. The minimum Gasteiger partial charge on any atom is -0.454 e. The molecule has 0 saturated carbocycles. The summed E-state index contributed by atoms with van der Waals surface area (Å²) in [6, 6.07) is 20.9. The molecule has 0 unspecified atom stereocenters. The minimum absolute atomic E-state index is 0.0415. The normalized spacial score (nSPS) is 11.2. The monoisotopic (exact) mass is 491 g/mol. The second-order valence-corrected chi connectivity index (χ2v) is 9.00. The van der Waals surface area contributed by atoms with Crippen molar-refractivity contribution in [3.8, 4) is 17.3 Å².